The Morgan fingerprint density at radius 1 is 1.17 bits per heavy atom. The van der Waals surface area contributed by atoms with E-state index in [-0.39, 0.29) is 17.9 Å². The lowest BCUT2D eigenvalue weighted by Crippen LogP contribution is -2.64. The summed E-state index contributed by atoms with van der Waals surface area (Å²) >= 11 is 1.73. The van der Waals surface area contributed by atoms with Crippen molar-refractivity contribution in [3.05, 3.63) is 52.5 Å². The molecule has 7 heteroatoms. The molecule has 1 saturated carbocycles. The summed E-state index contributed by atoms with van der Waals surface area (Å²) in [4.78, 5) is 30.9. The fraction of sp³-hybridized carbons (Fsp3) is 0.500. The van der Waals surface area contributed by atoms with E-state index in [1.54, 1.807) is 23.3 Å². The van der Waals surface area contributed by atoms with Crippen molar-refractivity contribution in [3.63, 3.8) is 0 Å². The van der Waals surface area contributed by atoms with Crippen LogP contribution in [-0.2, 0) is 24.3 Å². The average molecular weight is 494 g/mol. The van der Waals surface area contributed by atoms with Gasteiger partial charge in [0.15, 0.2) is 0 Å². The molecule has 3 heterocycles. The van der Waals surface area contributed by atoms with Crippen LogP contribution >= 0.6 is 11.3 Å². The van der Waals surface area contributed by atoms with E-state index in [0.717, 1.165) is 53.6 Å². The predicted molar refractivity (Wildman–Crippen MR) is 140 cm³/mol. The van der Waals surface area contributed by atoms with E-state index in [4.69, 9.17) is 4.74 Å². The first-order chi connectivity index (χ1) is 16.8. The molecule has 0 bridgehead atoms. The Bertz CT molecular complexity index is 1240. The van der Waals surface area contributed by atoms with Gasteiger partial charge in [-0.05, 0) is 74.8 Å². The van der Waals surface area contributed by atoms with Crippen LogP contribution < -0.4 is 10.1 Å². The molecule has 5 rings (SSSR count). The predicted octanol–water partition coefficient (Wildman–Crippen LogP) is 5.38. The molecule has 1 atom stereocenters. The number of hydrogen-bond donors (Lipinski definition) is 1. The summed E-state index contributed by atoms with van der Waals surface area (Å²) < 4.78 is 8.48. The first kappa shape index (κ1) is 23.9. The number of hydrogen-bond acceptors (Lipinski definition) is 4. The van der Waals surface area contributed by atoms with Crippen LogP contribution in [0.25, 0.3) is 10.2 Å². The standard InChI is InChI=1S/C28H35N3O3S/c1-5-22-14-23-25(35-22)15-24-26(32)31(16-19-8-12-21(34-4)13-9-19)28(3,17-30(23)24)27(33)29-20-10-6-18(2)7-11-20/h8-9,12-15,18,20H,5-7,10-11,16-17H2,1-4H3,(H,29,33)/t18?,20?,28-/m0/s1. The second kappa shape index (κ2) is 9.34. The van der Waals surface area contributed by atoms with Gasteiger partial charge in [0, 0.05) is 17.5 Å². The second-order valence-electron chi connectivity index (χ2n) is 10.4. The van der Waals surface area contributed by atoms with Crippen LogP contribution in [0.4, 0.5) is 0 Å². The Hall–Kier alpha value is -2.80. The first-order valence-corrected chi connectivity index (χ1v) is 13.5. The quantitative estimate of drug-likeness (QED) is 0.501. The molecule has 0 saturated heterocycles. The fourth-order valence-corrected chi connectivity index (χ4v) is 6.51. The zero-order valence-corrected chi connectivity index (χ0v) is 21.9. The van der Waals surface area contributed by atoms with E-state index in [0.29, 0.717) is 24.7 Å². The highest BCUT2D eigenvalue weighted by Gasteiger charge is 2.48. The minimum absolute atomic E-state index is 0.0580. The summed E-state index contributed by atoms with van der Waals surface area (Å²) in [7, 11) is 1.64. The molecule has 1 fully saturated rings. The van der Waals surface area contributed by atoms with Gasteiger partial charge in [0.1, 0.15) is 17.0 Å². The Morgan fingerprint density at radius 3 is 2.54 bits per heavy atom. The Kier molecular flexibility index (Phi) is 6.38. The van der Waals surface area contributed by atoms with Gasteiger partial charge in [-0.3, -0.25) is 9.59 Å². The summed E-state index contributed by atoms with van der Waals surface area (Å²) in [5.41, 5.74) is 1.71. The average Bonchev–Trinajstić information content (AvgIpc) is 3.42. The largest absolute Gasteiger partial charge is 0.497 e. The van der Waals surface area contributed by atoms with Gasteiger partial charge in [-0.1, -0.05) is 26.0 Å². The number of nitrogens with zero attached hydrogens (tertiary/aromatic N) is 2. The SMILES string of the molecule is CCc1cc2c(cc3n2C[C@@](C)(C(=O)NC2CCC(C)CC2)N(Cc2ccc(OC)cc2)C3=O)s1. The molecule has 0 spiro atoms. The van der Waals surface area contributed by atoms with Crippen molar-refractivity contribution < 1.29 is 14.3 Å². The monoisotopic (exact) mass is 493 g/mol. The van der Waals surface area contributed by atoms with Gasteiger partial charge in [0.2, 0.25) is 5.91 Å². The number of fused-ring (bicyclic) bond motifs is 3. The highest BCUT2D eigenvalue weighted by molar-refractivity contribution is 7.19. The van der Waals surface area contributed by atoms with Crippen LogP contribution in [0.3, 0.4) is 0 Å². The number of nitrogens with one attached hydrogen (secondary N) is 1. The smallest absolute Gasteiger partial charge is 0.271 e. The number of amides is 2. The molecule has 1 aromatic carbocycles. The number of carbonyl (C=O) groups is 2. The number of rotatable bonds is 6. The van der Waals surface area contributed by atoms with Gasteiger partial charge in [0.25, 0.3) is 5.91 Å². The summed E-state index contributed by atoms with van der Waals surface area (Å²) in [6.07, 6.45) is 5.22. The lowest BCUT2D eigenvalue weighted by Gasteiger charge is -2.45. The van der Waals surface area contributed by atoms with E-state index in [1.165, 1.54) is 4.88 Å². The topological polar surface area (TPSA) is 63.6 Å². The van der Waals surface area contributed by atoms with Gasteiger partial charge >= 0.3 is 0 Å². The van der Waals surface area contributed by atoms with Gasteiger partial charge in [-0.2, -0.15) is 0 Å². The third kappa shape index (κ3) is 4.35. The maximum atomic E-state index is 13.9. The Labute approximate surface area is 211 Å². The highest BCUT2D eigenvalue weighted by Crippen LogP contribution is 2.37. The van der Waals surface area contributed by atoms with Crippen molar-refractivity contribution in [2.75, 3.05) is 7.11 Å². The van der Waals surface area contributed by atoms with E-state index in [9.17, 15) is 9.59 Å². The van der Waals surface area contributed by atoms with Crippen molar-refractivity contribution in [3.8, 4) is 5.75 Å². The number of methoxy groups -OCH3 is 1. The highest BCUT2D eigenvalue weighted by atomic mass is 32.1. The van der Waals surface area contributed by atoms with Crippen LogP contribution in [0, 0.1) is 5.92 Å². The maximum absolute atomic E-state index is 13.9. The fourth-order valence-electron chi connectivity index (χ4n) is 5.47. The Morgan fingerprint density at radius 2 is 1.89 bits per heavy atom. The van der Waals surface area contributed by atoms with Crippen LogP contribution in [0.5, 0.6) is 5.75 Å². The molecule has 2 aliphatic rings. The van der Waals surface area contributed by atoms with Crippen molar-refractivity contribution >= 4 is 33.4 Å². The maximum Gasteiger partial charge on any atom is 0.271 e. The number of aryl methyl sites for hydroxylation is 1. The summed E-state index contributed by atoms with van der Waals surface area (Å²) in [6, 6.07) is 12.1. The number of carbonyl (C=O) groups excluding carboxylic acids is 2. The van der Waals surface area contributed by atoms with Crippen LogP contribution in [0.15, 0.2) is 36.4 Å². The van der Waals surface area contributed by atoms with Gasteiger partial charge in [0.05, 0.1) is 23.9 Å². The third-order valence-electron chi connectivity index (χ3n) is 7.86. The van der Waals surface area contributed by atoms with Crippen LogP contribution in [-0.4, -0.2) is 40.0 Å². The van der Waals surface area contributed by atoms with Gasteiger partial charge in [-0.15, -0.1) is 11.3 Å². The molecule has 0 radical (unpaired) electrons. The summed E-state index contributed by atoms with van der Waals surface area (Å²) in [5.74, 6) is 1.33. The number of benzene rings is 1. The molecule has 0 unspecified atom stereocenters. The first-order valence-electron chi connectivity index (χ1n) is 12.7. The Balaban J connectivity index is 1.50. The lowest BCUT2D eigenvalue weighted by atomic mass is 9.86. The normalized spacial score (nSPS) is 24.5. The van der Waals surface area contributed by atoms with Crippen molar-refractivity contribution in [2.24, 2.45) is 5.92 Å². The third-order valence-corrected chi connectivity index (χ3v) is 9.07. The van der Waals surface area contributed by atoms with E-state index >= 15 is 0 Å². The van der Waals surface area contributed by atoms with Crippen molar-refractivity contribution in [2.45, 2.75) is 77.5 Å². The minimum Gasteiger partial charge on any atom is -0.497 e. The van der Waals surface area contributed by atoms with E-state index in [1.807, 2.05) is 37.3 Å². The number of aromatic nitrogens is 1. The molecular weight excluding hydrogens is 458 g/mol. The molecule has 1 aliphatic heterocycles. The second-order valence-corrected chi connectivity index (χ2v) is 11.5. The molecule has 1 aliphatic carbocycles. The summed E-state index contributed by atoms with van der Waals surface area (Å²) in [5, 5.41) is 3.33. The lowest BCUT2D eigenvalue weighted by molar-refractivity contribution is -0.134. The zero-order chi connectivity index (χ0) is 24.7. The van der Waals surface area contributed by atoms with Crippen molar-refractivity contribution in [1.29, 1.82) is 0 Å². The molecule has 1 N–H and O–H groups in total. The van der Waals surface area contributed by atoms with E-state index < -0.39 is 5.54 Å². The number of ether oxygens (including phenoxy) is 1. The van der Waals surface area contributed by atoms with Gasteiger partial charge in [-0.25, -0.2) is 0 Å². The van der Waals surface area contributed by atoms with Crippen LogP contribution in [0.1, 0.15) is 67.4 Å². The molecule has 186 valence electrons. The van der Waals surface area contributed by atoms with Gasteiger partial charge < -0.3 is 19.5 Å². The molecule has 2 aromatic heterocycles. The molecule has 6 nitrogen and oxygen atoms in total. The van der Waals surface area contributed by atoms with E-state index in [2.05, 4.69) is 29.8 Å². The minimum atomic E-state index is -0.993. The van der Waals surface area contributed by atoms with Crippen molar-refractivity contribution in [1.82, 2.24) is 14.8 Å². The molecule has 3 aromatic rings. The molecule has 2 amide bonds. The molecular formula is C28H35N3O3S. The number of thiophene rings is 1. The molecule has 35 heavy (non-hydrogen) atoms. The zero-order valence-electron chi connectivity index (χ0n) is 21.1. The van der Waals surface area contributed by atoms with Crippen LogP contribution in [0.2, 0.25) is 0 Å². The summed E-state index contributed by atoms with van der Waals surface area (Å²) in [6.45, 7) is 7.17.